The van der Waals surface area contributed by atoms with Gasteiger partial charge in [-0.25, -0.2) is 8.78 Å². The van der Waals surface area contributed by atoms with E-state index in [2.05, 4.69) is 0 Å². The molecule has 5 heteroatoms. The minimum Gasteiger partial charge on any atom is -0.205 e. The van der Waals surface area contributed by atoms with Crippen LogP contribution >= 0.6 is 0 Å². The van der Waals surface area contributed by atoms with Crippen molar-refractivity contribution in [2.24, 2.45) is 0 Å². The summed E-state index contributed by atoms with van der Waals surface area (Å²) in [5, 5.41) is 0. The number of alkyl halides is 5. The Balaban J connectivity index is 3.20. The van der Waals surface area contributed by atoms with Crippen molar-refractivity contribution >= 4 is 0 Å². The van der Waals surface area contributed by atoms with E-state index in [-0.39, 0.29) is 0 Å². The van der Waals surface area contributed by atoms with Crippen LogP contribution in [0.5, 0.6) is 0 Å². The summed E-state index contributed by atoms with van der Waals surface area (Å²) in [7, 11) is 0. The number of hydrogen-bond acceptors (Lipinski definition) is 0. The van der Waals surface area contributed by atoms with Crippen LogP contribution in [0.1, 0.15) is 17.6 Å². The largest absolute Gasteiger partial charge is 0.416 e. The maximum absolute atomic E-state index is 12.1. The molecule has 0 fully saturated rings. The summed E-state index contributed by atoms with van der Waals surface area (Å²) in [6, 6.07) is 3.64. The molecular weight excluding hydrogens is 191 g/mol. The zero-order chi connectivity index (χ0) is 10.1. The molecule has 0 bridgehead atoms. The fraction of sp³-hybridized carbons (Fsp3) is 0.250. The normalized spacial score (nSPS) is 12.2. The molecule has 0 aromatic heterocycles. The summed E-state index contributed by atoms with van der Waals surface area (Å²) in [6.07, 6.45) is -7.81. The monoisotopic (exact) mass is 196 g/mol. The predicted octanol–water partition coefficient (Wildman–Crippen LogP) is 3.64. The second-order valence-electron chi connectivity index (χ2n) is 2.39. The van der Waals surface area contributed by atoms with Crippen molar-refractivity contribution in [3.8, 4) is 0 Å². The van der Waals surface area contributed by atoms with Gasteiger partial charge in [0.1, 0.15) is 0 Å². The molecule has 0 nitrogen and oxygen atoms in total. The third kappa shape index (κ3) is 2.17. The molecule has 0 atom stereocenters. The number of hydrogen-bond donors (Lipinski definition) is 0. The Morgan fingerprint density at radius 3 is 1.92 bits per heavy atom. The van der Waals surface area contributed by atoms with Gasteiger partial charge in [0.2, 0.25) is 0 Å². The van der Waals surface area contributed by atoms with E-state index in [1.54, 1.807) is 0 Å². The Labute approximate surface area is 71.0 Å². The minimum absolute atomic E-state index is 0.640. The van der Waals surface area contributed by atoms with Gasteiger partial charge in [-0.1, -0.05) is 18.2 Å². The summed E-state index contributed by atoms with van der Waals surface area (Å²) in [6.45, 7) is 0. The SMILES string of the molecule is FC(F)c1ccccc1C(F)(F)F. The van der Waals surface area contributed by atoms with Crippen LogP contribution in [-0.4, -0.2) is 0 Å². The van der Waals surface area contributed by atoms with Gasteiger partial charge in [-0.2, -0.15) is 13.2 Å². The summed E-state index contributed by atoms with van der Waals surface area (Å²) in [4.78, 5) is 0. The Morgan fingerprint density at radius 2 is 1.54 bits per heavy atom. The lowest BCUT2D eigenvalue weighted by atomic mass is 10.1. The Morgan fingerprint density at radius 1 is 1.00 bits per heavy atom. The van der Waals surface area contributed by atoms with Gasteiger partial charge in [-0.15, -0.1) is 0 Å². The van der Waals surface area contributed by atoms with E-state index in [9.17, 15) is 22.0 Å². The van der Waals surface area contributed by atoms with Crippen LogP contribution in [0, 0.1) is 0 Å². The Hall–Kier alpha value is -1.13. The van der Waals surface area contributed by atoms with Crippen LogP contribution in [-0.2, 0) is 6.18 Å². The van der Waals surface area contributed by atoms with Crippen molar-refractivity contribution in [2.45, 2.75) is 12.6 Å². The van der Waals surface area contributed by atoms with Gasteiger partial charge in [0.15, 0.2) is 0 Å². The zero-order valence-corrected chi connectivity index (χ0v) is 6.28. The van der Waals surface area contributed by atoms with Gasteiger partial charge >= 0.3 is 6.18 Å². The Bertz CT molecular complexity index is 289. The number of halogens is 5. The molecule has 0 radical (unpaired) electrons. The lowest BCUT2D eigenvalue weighted by Gasteiger charge is -2.11. The average Bonchev–Trinajstić information content (AvgIpc) is 2.03. The van der Waals surface area contributed by atoms with E-state index in [0.717, 1.165) is 18.2 Å². The number of benzene rings is 1. The fourth-order valence-corrected chi connectivity index (χ4v) is 0.945. The maximum atomic E-state index is 12.1. The molecule has 13 heavy (non-hydrogen) atoms. The first kappa shape index (κ1) is 9.95. The molecule has 0 heterocycles. The highest BCUT2D eigenvalue weighted by atomic mass is 19.4. The fourth-order valence-electron chi connectivity index (χ4n) is 0.945. The number of rotatable bonds is 1. The van der Waals surface area contributed by atoms with Crippen LogP contribution in [0.4, 0.5) is 22.0 Å². The van der Waals surface area contributed by atoms with E-state index in [1.807, 2.05) is 0 Å². The molecule has 72 valence electrons. The molecule has 1 aromatic rings. The molecule has 0 saturated heterocycles. The molecule has 0 saturated carbocycles. The molecule has 1 rings (SSSR count). The molecule has 0 N–H and O–H groups in total. The first-order valence-electron chi connectivity index (χ1n) is 3.37. The summed E-state index contributed by atoms with van der Waals surface area (Å²) in [5.41, 5.74) is -2.25. The third-order valence-corrected chi connectivity index (χ3v) is 1.50. The smallest absolute Gasteiger partial charge is 0.205 e. The zero-order valence-electron chi connectivity index (χ0n) is 6.28. The summed E-state index contributed by atoms with van der Waals surface area (Å²) < 4.78 is 60.3. The van der Waals surface area contributed by atoms with Crippen molar-refractivity contribution in [2.75, 3.05) is 0 Å². The highest BCUT2D eigenvalue weighted by Crippen LogP contribution is 2.35. The van der Waals surface area contributed by atoms with Gasteiger partial charge < -0.3 is 0 Å². The Kier molecular flexibility index (Phi) is 2.54. The second kappa shape index (κ2) is 3.32. The van der Waals surface area contributed by atoms with Gasteiger partial charge in [-0.3, -0.25) is 0 Å². The average molecular weight is 196 g/mol. The van der Waals surface area contributed by atoms with Crippen LogP contribution in [0.3, 0.4) is 0 Å². The standard InChI is InChI=1S/C8H5F5/c9-7(10)5-3-1-2-4-6(5)8(11,12)13/h1-4,7H. The van der Waals surface area contributed by atoms with Crippen molar-refractivity contribution in [1.82, 2.24) is 0 Å². The molecule has 0 amide bonds. The highest BCUT2D eigenvalue weighted by molar-refractivity contribution is 5.30. The molecule has 1 aromatic carbocycles. The van der Waals surface area contributed by atoms with Gasteiger partial charge in [-0.05, 0) is 6.07 Å². The van der Waals surface area contributed by atoms with Crippen molar-refractivity contribution in [3.63, 3.8) is 0 Å². The van der Waals surface area contributed by atoms with Crippen LogP contribution in [0.15, 0.2) is 24.3 Å². The molecule has 0 unspecified atom stereocenters. The molecule has 0 spiro atoms. The van der Waals surface area contributed by atoms with Crippen LogP contribution in [0.25, 0.3) is 0 Å². The van der Waals surface area contributed by atoms with E-state index in [4.69, 9.17) is 0 Å². The second-order valence-corrected chi connectivity index (χ2v) is 2.39. The van der Waals surface area contributed by atoms with Crippen LogP contribution in [0.2, 0.25) is 0 Å². The van der Waals surface area contributed by atoms with E-state index >= 15 is 0 Å². The predicted molar refractivity (Wildman–Crippen MR) is 36.4 cm³/mol. The minimum atomic E-state index is -4.72. The lowest BCUT2D eigenvalue weighted by Crippen LogP contribution is -2.08. The molecular formula is C8H5F5. The first-order chi connectivity index (χ1) is 5.93. The van der Waals surface area contributed by atoms with Crippen molar-refractivity contribution < 1.29 is 22.0 Å². The van der Waals surface area contributed by atoms with Gasteiger partial charge in [0.05, 0.1) is 5.56 Å². The van der Waals surface area contributed by atoms with Crippen molar-refractivity contribution in [1.29, 1.82) is 0 Å². The van der Waals surface area contributed by atoms with E-state index in [0.29, 0.717) is 6.07 Å². The van der Waals surface area contributed by atoms with Gasteiger partial charge in [0.25, 0.3) is 6.43 Å². The van der Waals surface area contributed by atoms with Crippen LogP contribution < -0.4 is 0 Å². The highest BCUT2D eigenvalue weighted by Gasteiger charge is 2.34. The third-order valence-electron chi connectivity index (χ3n) is 1.50. The van der Waals surface area contributed by atoms with E-state index in [1.165, 1.54) is 0 Å². The lowest BCUT2D eigenvalue weighted by molar-refractivity contribution is -0.139. The first-order valence-corrected chi connectivity index (χ1v) is 3.37. The maximum Gasteiger partial charge on any atom is 0.416 e. The van der Waals surface area contributed by atoms with Gasteiger partial charge in [0, 0.05) is 5.56 Å². The molecule has 0 aliphatic carbocycles. The molecule has 0 aliphatic heterocycles. The summed E-state index contributed by atoms with van der Waals surface area (Å²) >= 11 is 0. The van der Waals surface area contributed by atoms with Crippen molar-refractivity contribution in [3.05, 3.63) is 35.4 Å². The quantitative estimate of drug-likeness (QED) is 0.601. The summed E-state index contributed by atoms with van der Waals surface area (Å²) in [5.74, 6) is 0. The molecule has 0 aliphatic rings. The van der Waals surface area contributed by atoms with E-state index < -0.39 is 23.7 Å². The topological polar surface area (TPSA) is 0 Å².